The third-order valence-electron chi connectivity index (χ3n) is 5.64. The fourth-order valence-electron chi connectivity index (χ4n) is 3.75. The molecular weight excluding hydrogens is 470 g/mol. The number of piperazine rings is 1. The van der Waals surface area contributed by atoms with Gasteiger partial charge < -0.3 is 14.5 Å². The maximum Gasteiger partial charge on any atom is 0.409 e. The van der Waals surface area contributed by atoms with E-state index in [1.165, 1.54) is 11.8 Å². The highest BCUT2D eigenvalue weighted by atomic mass is 32.2. The van der Waals surface area contributed by atoms with Gasteiger partial charge in [-0.25, -0.2) is 4.79 Å². The van der Waals surface area contributed by atoms with Gasteiger partial charge in [0.1, 0.15) is 4.32 Å². The number of nitrogens with zero attached hydrogens (tertiary/aromatic N) is 3. The van der Waals surface area contributed by atoms with Crippen LogP contribution in [-0.4, -0.2) is 76.3 Å². The van der Waals surface area contributed by atoms with Crippen LogP contribution in [0.5, 0.6) is 0 Å². The Kier molecular flexibility index (Phi) is 10.2. The summed E-state index contributed by atoms with van der Waals surface area (Å²) in [6.45, 7) is 4.80. The Morgan fingerprint density at radius 2 is 1.76 bits per heavy atom. The van der Waals surface area contributed by atoms with Gasteiger partial charge in [-0.1, -0.05) is 72.9 Å². The first-order valence-electron chi connectivity index (χ1n) is 11.7. The number of allylic oxidation sites excluding steroid dienone is 2. The highest BCUT2D eigenvalue weighted by Crippen LogP contribution is 2.31. The summed E-state index contributed by atoms with van der Waals surface area (Å²) < 4.78 is 5.59. The smallest absolute Gasteiger partial charge is 0.409 e. The topological polar surface area (TPSA) is 70.2 Å². The second kappa shape index (κ2) is 13.3. The Morgan fingerprint density at radius 3 is 2.47 bits per heavy atom. The molecule has 2 fully saturated rings. The van der Waals surface area contributed by atoms with Crippen LogP contribution in [0.1, 0.15) is 38.2 Å². The monoisotopic (exact) mass is 501 g/mol. The molecular formula is C25H31N3O4S2. The molecule has 9 heteroatoms. The minimum atomic E-state index is -0.313. The fraction of sp³-hybridized carbons (Fsp3) is 0.440. The van der Waals surface area contributed by atoms with Crippen LogP contribution < -0.4 is 0 Å². The SMILES string of the molecule is CCOC(=O)N1CCN(C(=O)CCCCCN2C(=O)/C(=C/C=C/c3ccccc3)SC2=S)CC1. The maximum atomic E-state index is 12.7. The average Bonchev–Trinajstić information content (AvgIpc) is 3.12. The minimum Gasteiger partial charge on any atom is -0.450 e. The molecule has 0 saturated carbocycles. The molecule has 1 aromatic rings. The lowest BCUT2D eigenvalue weighted by Crippen LogP contribution is -2.50. The van der Waals surface area contributed by atoms with E-state index in [9.17, 15) is 14.4 Å². The van der Waals surface area contributed by atoms with E-state index in [2.05, 4.69) is 0 Å². The van der Waals surface area contributed by atoms with E-state index in [1.54, 1.807) is 16.7 Å². The summed E-state index contributed by atoms with van der Waals surface area (Å²) in [6.07, 6.45) is 8.21. The molecule has 0 bridgehead atoms. The number of carbonyl (C=O) groups is 3. The summed E-state index contributed by atoms with van der Waals surface area (Å²) in [7, 11) is 0. The van der Waals surface area contributed by atoms with Gasteiger partial charge in [0.2, 0.25) is 5.91 Å². The van der Waals surface area contributed by atoms with Crippen LogP contribution in [-0.2, 0) is 14.3 Å². The number of hydrogen-bond donors (Lipinski definition) is 0. The van der Waals surface area contributed by atoms with Gasteiger partial charge in [0.15, 0.2) is 0 Å². The average molecular weight is 502 g/mol. The first-order chi connectivity index (χ1) is 16.5. The van der Waals surface area contributed by atoms with Crippen LogP contribution in [0, 0.1) is 0 Å². The number of benzene rings is 1. The zero-order valence-electron chi connectivity index (χ0n) is 19.5. The van der Waals surface area contributed by atoms with Crippen molar-refractivity contribution in [2.24, 2.45) is 0 Å². The second-order valence-corrected chi connectivity index (χ2v) is 9.68. The number of ether oxygens (including phenoxy) is 1. The first-order valence-corrected chi connectivity index (χ1v) is 12.9. The van der Waals surface area contributed by atoms with Gasteiger partial charge in [-0.2, -0.15) is 0 Å². The van der Waals surface area contributed by atoms with Gasteiger partial charge >= 0.3 is 6.09 Å². The third-order valence-corrected chi connectivity index (χ3v) is 7.04. The van der Waals surface area contributed by atoms with Crippen molar-refractivity contribution in [2.75, 3.05) is 39.3 Å². The maximum absolute atomic E-state index is 12.7. The Bertz CT molecular complexity index is 941. The molecule has 0 atom stereocenters. The van der Waals surface area contributed by atoms with Crippen LogP contribution in [0.4, 0.5) is 4.79 Å². The van der Waals surface area contributed by atoms with Gasteiger partial charge in [-0.05, 0) is 31.4 Å². The van der Waals surface area contributed by atoms with Crippen molar-refractivity contribution in [2.45, 2.75) is 32.6 Å². The number of amides is 3. The number of carbonyl (C=O) groups excluding carboxylic acids is 3. The number of hydrogen-bond acceptors (Lipinski definition) is 6. The van der Waals surface area contributed by atoms with Crippen molar-refractivity contribution in [3.63, 3.8) is 0 Å². The van der Waals surface area contributed by atoms with Crippen molar-refractivity contribution < 1.29 is 19.1 Å². The fourth-order valence-corrected chi connectivity index (χ4v) is 5.01. The predicted molar refractivity (Wildman–Crippen MR) is 139 cm³/mol. The lowest BCUT2D eigenvalue weighted by Gasteiger charge is -2.34. The second-order valence-electron chi connectivity index (χ2n) is 8.00. The van der Waals surface area contributed by atoms with Gasteiger partial charge in [-0.3, -0.25) is 14.5 Å². The summed E-state index contributed by atoms with van der Waals surface area (Å²) >= 11 is 6.72. The Morgan fingerprint density at radius 1 is 1.06 bits per heavy atom. The summed E-state index contributed by atoms with van der Waals surface area (Å²) in [4.78, 5) is 42.6. The largest absolute Gasteiger partial charge is 0.450 e. The molecule has 7 nitrogen and oxygen atoms in total. The number of thioether (sulfide) groups is 1. The first kappa shape index (κ1) is 26.0. The van der Waals surface area contributed by atoms with Gasteiger partial charge in [0.25, 0.3) is 5.91 Å². The molecule has 0 aliphatic carbocycles. The molecule has 3 rings (SSSR count). The van der Waals surface area contributed by atoms with Crippen molar-refractivity contribution in [3.8, 4) is 0 Å². The zero-order chi connectivity index (χ0) is 24.3. The quantitative estimate of drug-likeness (QED) is 0.285. The summed E-state index contributed by atoms with van der Waals surface area (Å²) in [5.74, 6) is 0.0607. The predicted octanol–water partition coefficient (Wildman–Crippen LogP) is 4.31. The molecule has 0 N–H and O–H groups in total. The van der Waals surface area contributed by atoms with Crippen molar-refractivity contribution in [1.82, 2.24) is 14.7 Å². The zero-order valence-corrected chi connectivity index (χ0v) is 21.1. The molecule has 0 radical (unpaired) electrons. The molecule has 34 heavy (non-hydrogen) atoms. The molecule has 182 valence electrons. The number of thiocarbonyl (C=S) groups is 1. The Hall–Kier alpha value is -2.65. The minimum absolute atomic E-state index is 0.0525. The van der Waals surface area contributed by atoms with E-state index in [4.69, 9.17) is 17.0 Å². The molecule has 2 heterocycles. The molecule has 0 unspecified atom stereocenters. The Balaban J connectivity index is 1.34. The van der Waals surface area contributed by atoms with E-state index in [1.807, 2.05) is 53.5 Å². The van der Waals surface area contributed by atoms with E-state index >= 15 is 0 Å². The van der Waals surface area contributed by atoms with Crippen LogP contribution in [0.2, 0.25) is 0 Å². The van der Waals surface area contributed by atoms with Crippen LogP contribution in [0.15, 0.2) is 47.4 Å². The molecule has 3 amide bonds. The van der Waals surface area contributed by atoms with Gasteiger partial charge in [-0.15, -0.1) is 0 Å². The standard InChI is InChI=1S/C25H31N3O4S2/c1-2-32-24(31)27-18-16-26(17-19-27)22(29)14-7-4-8-15-28-23(30)21(34-25(28)33)13-9-12-20-10-5-3-6-11-20/h3,5-6,9-13H,2,4,7-8,14-19H2,1H3/b12-9+,21-13-. The molecule has 2 aliphatic heterocycles. The lowest BCUT2D eigenvalue weighted by molar-refractivity contribution is -0.133. The van der Waals surface area contributed by atoms with Gasteiger partial charge in [0.05, 0.1) is 11.5 Å². The number of rotatable bonds is 9. The Labute approximate surface area is 210 Å². The molecule has 2 saturated heterocycles. The molecule has 2 aliphatic rings. The van der Waals surface area contributed by atoms with E-state index in [0.717, 1.165) is 24.8 Å². The third kappa shape index (κ3) is 7.43. The highest BCUT2D eigenvalue weighted by Gasteiger charge is 2.31. The van der Waals surface area contributed by atoms with Crippen molar-refractivity contribution >= 4 is 52.3 Å². The summed E-state index contributed by atoms with van der Waals surface area (Å²) in [5, 5.41) is 0. The van der Waals surface area contributed by atoms with Crippen LogP contribution in [0.3, 0.4) is 0 Å². The van der Waals surface area contributed by atoms with Gasteiger partial charge in [0, 0.05) is 39.1 Å². The van der Waals surface area contributed by atoms with E-state index < -0.39 is 0 Å². The molecule has 1 aromatic carbocycles. The number of unbranched alkanes of at least 4 members (excludes halogenated alkanes) is 2. The van der Waals surface area contributed by atoms with Crippen LogP contribution >= 0.6 is 24.0 Å². The molecule has 0 aromatic heterocycles. The van der Waals surface area contributed by atoms with Crippen molar-refractivity contribution in [3.05, 3.63) is 53.0 Å². The van der Waals surface area contributed by atoms with E-state index in [-0.39, 0.29) is 17.9 Å². The van der Waals surface area contributed by atoms with Crippen molar-refractivity contribution in [1.29, 1.82) is 0 Å². The van der Waals surface area contributed by atoms with E-state index in [0.29, 0.717) is 55.0 Å². The molecule has 0 spiro atoms. The normalized spacial score (nSPS) is 17.8. The highest BCUT2D eigenvalue weighted by molar-refractivity contribution is 8.26. The summed E-state index contributed by atoms with van der Waals surface area (Å²) in [6, 6.07) is 9.91. The summed E-state index contributed by atoms with van der Waals surface area (Å²) in [5.41, 5.74) is 1.07. The van der Waals surface area contributed by atoms with Crippen LogP contribution in [0.25, 0.3) is 6.08 Å². The lowest BCUT2D eigenvalue weighted by atomic mass is 10.1.